The van der Waals surface area contributed by atoms with Crippen molar-refractivity contribution in [3.8, 4) is 0 Å². The van der Waals surface area contributed by atoms with Gasteiger partial charge in [0.15, 0.2) is 0 Å². The SMILES string of the molecule is C=C(C)C(=O)OC(CCC)OCC(O)CO. The van der Waals surface area contributed by atoms with Crippen molar-refractivity contribution < 1.29 is 24.5 Å². The van der Waals surface area contributed by atoms with Crippen molar-refractivity contribution in [3.05, 3.63) is 12.2 Å². The molecule has 5 nitrogen and oxygen atoms in total. The molecule has 16 heavy (non-hydrogen) atoms. The lowest BCUT2D eigenvalue weighted by Crippen LogP contribution is -2.28. The van der Waals surface area contributed by atoms with Gasteiger partial charge in [0.1, 0.15) is 6.10 Å². The molecule has 0 fully saturated rings. The van der Waals surface area contributed by atoms with Gasteiger partial charge in [-0.1, -0.05) is 19.9 Å². The third-order valence-electron chi connectivity index (χ3n) is 1.80. The highest BCUT2D eigenvalue weighted by atomic mass is 16.7. The molecule has 0 aliphatic rings. The van der Waals surface area contributed by atoms with Crippen LogP contribution in [0.4, 0.5) is 0 Å². The smallest absolute Gasteiger partial charge is 0.335 e. The zero-order chi connectivity index (χ0) is 12.6. The van der Waals surface area contributed by atoms with E-state index in [1.807, 2.05) is 6.92 Å². The largest absolute Gasteiger partial charge is 0.432 e. The minimum atomic E-state index is -0.956. The Kier molecular flexibility index (Phi) is 7.80. The number of aliphatic hydroxyl groups excluding tert-OH is 2. The fraction of sp³-hybridized carbons (Fsp3) is 0.727. The zero-order valence-corrected chi connectivity index (χ0v) is 9.81. The highest BCUT2D eigenvalue weighted by Crippen LogP contribution is 2.07. The topological polar surface area (TPSA) is 76.0 Å². The highest BCUT2D eigenvalue weighted by molar-refractivity contribution is 5.86. The van der Waals surface area contributed by atoms with Crippen molar-refractivity contribution in [3.63, 3.8) is 0 Å². The molecule has 94 valence electrons. The van der Waals surface area contributed by atoms with Crippen molar-refractivity contribution in [2.24, 2.45) is 0 Å². The number of hydrogen-bond acceptors (Lipinski definition) is 5. The quantitative estimate of drug-likeness (QED) is 0.364. The van der Waals surface area contributed by atoms with Crippen LogP contribution >= 0.6 is 0 Å². The van der Waals surface area contributed by atoms with E-state index in [9.17, 15) is 4.79 Å². The Hall–Kier alpha value is -0.910. The molecule has 0 saturated carbocycles. The van der Waals surface area contributed by atoms with Crippen LogP contribution in [0.3, 0.4) is 0 Å². The standard InChI is InChI=1S/C11H20O5/c1-4-5-10(15-7-9(13)6-12)16-11(14)8(2)3/h9-10,12-13H,2,4-7H2,1,3H3. The molecule has 0 bridgehead atoms. The van der Waals surface area contributed by atoms with Crippen molar-refractivity contribution in [2.75, 3.05) is 13.2 Å². The van der Waals surface area contributed by atoms with Gasteiger partial charge in [-0.2, -0.15) is 0 Å². The number of rotatable bonds is 8. The zero-order valence-electron chi connectivity index (χ0n) is 9.81. The molecule has 0 spiro atoms. The lowest BCUT2D eigenvalue weighted by atomic mass is 10.3. The fourth-order valence-electron chi connectivity index (χ4n) is 0.903. The molecule has 0 aromatic carbocycles. The Morgan fingerprint density at radius 3 is 2.56 bits per heavy atom. The van der Waals surface area contributed by atoms with Gasteiger partial charge >= 0.3 is 5.97 Å². The monoisotopic (exact) mass is 232 g/mol. The lowest BCUT2D eigenvalue weighted by Gasteiger charge is -2.19. The van der Waals surface area contributed by atoms with E-state index in [1.165, 1.54) is 0 Å². The van der Waals surface area contributed by atoms with Gasteiger partial charge in [-0.15, -0.1) is 0 Å². The first-order valence-corrected chi connectivity index (χ1v) is 5.28. The second kappa shape index (κ2) is 8.27. The normalized spacial score (nSPS) is 14.2. The second-order valence-corrected chi connectivity index (χ2v) is 3.57. The third-order valence-corrected chi connectivity index (χ3v) is 1.80. The summed E-state index contributed by atoms with van der Waals surface area (Å²) in [6, 6.07) is 0. The second-order valence-electron chi connectivity index (χ2n) is 3.57. The number of ether oxygens (including phenoxy) is 2. The van der Waals surface area contributed by atoms with Gasteiger partial charge in [-0.25, -0.2) is 4.79 Å². The van der Waals surface area contributed by atoms with E-state index in [0.29, 0.717) is 12.0 Å². The van der Waals surface area contributed by atoms with E-state index < -0.39 is 18.4 Å². The molecule has 0 heterocycles. The van der Waals surface area contributed by atoms with Crippen molar-refractivity contribution in [1.82, 2.24) is 0 Å². The Labute approximate surface area is 95.7 Å². The summed E-state index contributed by atoms with van der Waals surface area (Å²) in [6.07, 6.45) is -0.334. The van der Waals surface area contributed by atoms with E-state index in [1.54, 1.807) is 6.92 Å². The minimum Gasteiger partial charge on any atom is -0.432 e. The van der Waals surface area contributed by atoms with Crippen LogP contribution in [0.25, 0.3) is 0 Å². The summed E-state index contributed by atoms with van der Waals surface area (Å²) in [5.74, 6) is -0.517. The summed E-state index contributed by atoms with van der Waals surface area (Å²) in [6.45, 7) is 6.49. The van der Waals surface area contributed by atoms with Crippen LogP contribution in [-0.2, 0) is 14.3 Å². The number of hydrogen-bond donors (Lipinski definition) is 2. The number of carbonyl (C=O) groups excluding carboxylic acids is 1. The van der Waals surface area contributed by atoms with Crippen LogP contribution in [0.1, 0.15) is 26.7 Å². The van der Waals surface area contributed by atoms with Gasteiger partial charge in [0.25, 0.3) is 0 Å². The molecule has 0 radical (unpaired) electrons. The molecule has 2 unspecified atom stereocenters. The van der Waals surface area contributed by atoms with Crippen LogP contribution in [0.5, 0.6) is 0 Å². The lowest BCUT2D eigenvalue weighted by molar-refractivity contribution is -0.182. The van der Waals surface area contributed by atoms with E-state index >= 15 is 0 Å². The van der Waals surface area contributed by atoms with Gasteiger partial charge in [-0.05, 0) is 6.92 Å². The molecule has 0 aromatic rings. The molecule has 0 saturated heterocycles. The first-order valence-electron chi connectivity index (χ1n) is 5.28. The van der Waals surface area contributed by atoms with E-state index in [4.69, 9.17) is 19.7 Å². The van der Waals surface area contributed by atoms with Gasteiger partial charge in [0.2, 0.25) is 6.29 Å². The average Bonchev–Trinajstić information content (AvgIpc) is 2.25. The van der Waals surface area contributed by atoms with Crippen LogP contribution in [-0.4, -0.2) is 41.8 Å². The van der Waals surface area contributed by atoms with E-state index in [-0.39, 0.29) is 13.2 Å². The van der Waals surface area contributed by atoms with Crippen LogP contribution in [0.2, 0.25) is 0 Å². The number of aliphatic hydroxyl groups is 2. The summed E-state index contributed by atoms with van der Waals surface area (Å²) < 4.78 is 10.2. The van der Waals surface area contributed by atoms with Gasteiger partial charge in [0, 0.05) is 12.0 Å². The summed E-state index contributed by atoms with van der Waals surface area (Å²) in [7, 11) is 0. The Balaban J connectivity index is 4.06. The minimum absolute atomic E-state index is 0.0648. The molecule has 5 heteroatoms. The molecule has 0 rings (SSSR count). The van der Waals surface area contributed by atoms with Gasteiger partial charge in [0.05, 0.1) is 13.2 Å². The molecule has 0 aliphatic carbocycles. The molecule has 2 atom stereocenters. The Bertz CT molecular complexity index is 226. The fourth-order valence-corrected chi connectivity index (χ4v) is 0.903. The van der Waals surface area contributed by atoms with E-state index in [0.717, 1.165) is 6.42 Å². The molecular formula is C11H20O5. The number of esters is 1. The maximum atomic E-state index is 11.2. The average molecular weight is 232 g/mol. The van der Waals surface area contributed by atoms with Crippen molar-refractivity contribution in [1.29, 1.82) is 0 Å². The molecule has 0 amide bonds. The van der Waals surface area contributed by atoms with Crippen LogP contribution in [0.15, 0.2) is 12.2 Å². The summed E-state index contributed by atoms with van der Waals surface area (Å²) >= 11 is 0. The first-order chi connectivity index (χ1) is 7.51. The van der Waals surface area contributed by atoms with Crippen molar-refractivity contribution in [2.45, 2.75) is 39.1 Å². The molecular weight excluding hydrogens is 212 g/mol. The Morgan fingerprint density at radius 2 is 2.12 bits per heavy atom. The van der Waals surface area contributed by atoms with Gasteiger partial charge < -0.3 is 19.7 Å². The van der Waals surface area contributed by atoms with Gasteiger partial charge in [-0.3, -0.25) is 0 Å². The molecule has 0 aliphatic heterocycles. The Morgan fingerprint density at radius 1 is 1.50 bits per heavy atom. The summed E-state index contributed by atoms with van der Waals surface area (Å²) in [5, 5.41) is 17.7. The maximum absolute atomic E-state index is 11.2. The predicted molar refractivity (Wildman–Crippen MR) is 58.6 cm³/mol. The summed E-state index contributed by atoms with van der Waals surface area (Å²) in [4.78, 5) is 11.2. The summed E-state index contributed by atoms with van der Waals surface area (Å²) in [5.41, 5.74) is 0.299. The third kappa shape index (κ3) is 6.55. The molecule has 2 N–H and O–H groups in total. The van der Waals surface area contributed by atoms with Crippen molar-refractivity contribution >= 4 is 5.97 Å². The predicted octanol–water partition coefficient (Wildman–Crippen LogP) is 0.602. The molecule has 0 aromatic heterocycles. The highest BCUT2D eigenvalue weighted by Gasteiger charge is 2.16. The number of carbonyl (C=O) groups is 1. The van der Waals surface area contributed by atoms with Crippen LogP contribution < -0.4 is 0 Å². The van der Waals surface area contributed by atoms with Crippen LogP contribution in [0, 0.1) is 0 Å². The first kappa shape index (κ1) is 15.1. The van der Waals surface area contributed by atoms with E-state index in [2.05, 4.69) is 6.58 Å². The maximum Gasteiger partial charge on any atom is 0.335 e.